The Hall–Kier alpha value is -1.79. The number of para-hydroxylation sites is 1. The maximum absolute atomic E-state index is 5.71. The van der Waals surface area contributed by atoms with Gasteiger partial charge in [-0.05, 0) is 19.4 Å². The highest BCUT2D eigenvalue weighted by atomic mass is 16.5. The molecule has 0 bridgehead atoms. The summed E-state index contributed by atoms with van der Waals surface area (Å²) >= 11 is 0. The summed E-state index contributed by atoms with van der Waals surface area (Å²) in [6.07, 6.45) is 1.19. The molecule has 0 amide bonds. The maximum atomic E-state index is 5.71. The molecule has 0 spiro atoms. The largest absolute Gasteiger partial charge is 0.494 e. The van der Waals surface area contributed by atoms with Crippen molar-refractivity contribution in [3.05, 3.63) is 29.8 Å². The van der Waals surface area contributed by atoms with E-state index in [1.807, 2.05) is 32.2 Å². The van der Waals surface area contributed by atoms with Gasteiger partial charge in [-0.1, -0.05) is 18.2 Å². The monoisotopic (exact) mass is 346 g/mol. The predicted octanol–water partition coefficient (Wildman–Crippen LogP) is 1.57. The van der Waals surface area contributed by atoms with Crippen molar-refractivity contribution < 1.29 is 9.47 Å². The van der Waals surface area contributed by atoms with Crippen LogP contribution in [0.15, 0.2) is 29.3 Å². The van der Waals surface area contributed by atoms with E-state index < -0.39 is 0 Å². The molecule has 0 saturated carbocycles. The molecule has 2 saturated heterocycles. The number of guanidine groups is 1. The van der Waals surface area contributed by atoms with Gasteiger partial charge in [-0.2, -0.15) is 0 Å². The zero-order valence-electron chi connectivity index (χ0n) is 15.4. The van der Waals surface area contributed by atoms with Crippen LogP contribution >= 0.6 is 0 Å². The smallest absolute Gasteiger partial charge is 0.193 e. The van der Waals surface area contributed by atoms with Crippen molar-refractivity contribution >= 4 is 5.96 Å². The number of hydrogen-bond acceptors (Lipinski definition) is 4. The molecule has 2 aliphatic rings. The first-order chi connectivity index (χ1) is 12.3. The van der Waals surface area contributed by atoms with Crippen LogP contribution < -0.4 is 10.1 Å². The lowest BCUT2D eigenvalue weighted by Gasteiger charge is -2.32. The molecule has 0 radical (unpaired) electrons. The molecule has 6 nitrogen and oxygen atoms in total. The number of morpholine rings is 1. The third-order valence-electron chi connectivity index (χ3n) is 4.95. The van der Waals surface area contributed by atoms with E-state index in [0.717, 1.165) is 63.2 Å². The Bertz CT molecular complexity index is 572. The number of nitrogens with zero attached hydrogens (tertiary/aromatic N) is 3. The zero-order chi connectivity index (χ0) is 17.5. The molecule has 1 N–H and O–H groups in total. The minimum atomic E-state index is 0.609. The molecular weight excluding hydrogens is 316 g/mol. The number of aliphatic imine (C=N–C) groups is 1. The average molecular weight is 346 g/mol. The zero-order valence-corrected chi connectivity index (χ0v) is 15.4. The Morgan fingerprint density at radius 3 is 2.84 bits per heavy atom. The summed E-state index contributed by atoms with van der Waals surface area (Å²) in [7, 11) is 1.86. The van der Waals surface area contributed by atoms with E-state index in [-0.39, 0.29) is 0 Å². The predicted molar refractivity (Wildman–Crippen MR) is 100 cm³/mol. The number of ether oxygens (including phenoxy) is 2. The van der Waals surface area contributed by atoms with Gasteiger partial charge in [0.1, 0.15) is 5.75 Å². The van der Waals surface area contributed by atoms with Gasteiger partial charge < -0.3 is 19.7 Å². The molecular formula is C19H30N4O2. The highest BCUT2D eigenvalue weighted by Gasteiger charge is 2.30. The summed E-state index contributed by atoms with van der Waals surface area (Å²) in [5, 5.41) is 3.50. The summed E-state index contributed by atoms with van der Waals surface area (Å²) in [5.41, 5.74) is 1.16. The highest BCUT2D eigenvalue weighted by Crippen LogP contribution is 2.19. The first kappa shape index (κ1) is 18.0. The molecule has 2 aliphatic heterocycles. The van der Waals surface area contributed by atoms with Crippen molar-refractivity contribution in [2.24, 2.45) is 4.99 Å². The lowest BCUT2D eigenvalue weighted by atomic mass is 10.2. The third kappa shape index (κ3) is 4.64. The van der Waals surface area contributed by atoms with Crippen LogP contribution in [0.1, 0.15) is 18.9 Å². The minimum absolute atomic E-state index is 0.609. The molecule has 1 unspecified atom stereocenters. The minimum Gasteiger partial charge on any atom is -0.494 e. The molecule has 6 heteroatoms. The van der Waals surface area contributed by atoms with Gasteiger partial charge in [-0.15, -0.1) is 0 Å². The molecule has 0 aliphatic carbocycles. The summed E-state index contributed by atoms with van der Waals surface area (Å²) in [5.74, 6) is 1.92. The molecule has 1 atom stereocenters. The van der Waals surface area contributed by atoms with Gasteiger partial charge >= 0.3 is 0 Å². The second-order valence-electron chi connectivity index (χ2n) is 6.48. The van der Waals surface area contributed by atoms with E-state index in [1.165, 1.54) is 6.42 Å². The first-order valence-corrected chi connectivity index (χ1v) is 9.30. The number of likely N-dealkylation sites (tertiary alicyclic amines) is 1. The molecule has 138 valence electrons. The Morgan fingerprint density at radius 2 is 2.08 bits per heavy atom. The quantitative estimate of drug-likeness (QED) is 0.648. The van der Waals surface area contributed by atoms with Crippen LogP contribution in [0.2, 0.25) is 0 Å². The van der Waals surface area contributed by atoms with Gasteiger partial charge in [0.2, 0.25) is 0 Å². The van der Waals surface area contributed by atoms with E-state index in [1.54, 1.807) is 0 Å². The van der Waals surface area contributed by atoms with Crippen LogP contribution in [0, 0.1) is 0 Å². The van der Waals surface area contributed by atoms with Crippen molar-refractivity contribution in [2.75, 3.05) is 53.0 Å². The fourth-order valence-corrected chi connectivity index (χ4v) is 3.63. The topological polar surface area (TPSA) is 49.3 Å². The molecule has 2 fully saturated rings. The molecule has 2 heterocycles. The van der Waals surface area contributed by atoms with E-state index in [0.29, 0.717) is 12.6 Å². The number of nitrogens with one attached hydrogen (secondary N) is 1. The molecule has 1 aromatic carbocycles. The summed E-state index contributed by atoms with van der Waals surface area (Å²) in [6, 6.07) is 8.79. The second kappa shape index (κ2) is 9.06. The Morgan fingerprint density at radius 1 is 1.28 bits per heavy atom. The van der Waals surface area contributed by atoms with Gasteiger partial charge in [-0.3, -0.25) is 9.89 Å². The first-order valence-electron chi connectivity index (χ1n) is 9.30. The Labute approximate surface area is 150 Å². The number of hydrogen-bond donors (Lipinski definition) is 1. The van der Waals surface area contributed by atoms with Gasteiger partial charge in [0.25, 0.3) is 0 Å². The number of rotatable bonds is 5. The fourth-order valence-electron chi connectivity index (χ4n) is 3.63. The van der Waals surface area contributed by atoms with Crippen LogP contribution in [-0.2, 0) is 11.3 Å². The summed E-state index contributed by atoms with van der Waals surface area (Å²) in [6.45, 7) is 9.31. The average Bonchev–Trinajstić information content (AvgIpc) is 3.14. The van der Waals surface area contributed by atoms with Gasteiger partial charge in [0.15, 0.2) is 5.96 Å². The fraction of sp³-hybridized carbons (Fsp3) is 0.632. The van der Waals surface area contributed by atoms with E-state index in [9.17, 15) is 0 Å². The second-order valence-corrected chi connectivity index (χ2v) is 6.48. The van der Waals surface area contributed by atoms with E-state index in [2.05, 4.69) is 26.2 Å². The standard InChI is InChI=1S/C19H30N4O2/c1-3-25-18-7-5-4-6-16(18)14-21-19(20-2)23-9-8-17(15-23)22-10-12-24-13-11-22/h4-7,17H,3,8-15H2,1-2H3,(H,20,21). The lowest BCUT2D eigenvalue weighted by Crippen LogP contribution is -2.46. The van der Waals surface area contributed by atoms with E-state index >= 15 is 0 Å². The van der Waals surface area contributed by atoms with Crippen LogP contribution in [-0.4, -0.2) is 74.8 Å². The Balaban J connectivity index is 1.55. The molecule has 1 aromatic rings. The Kier molecular flexibility index (Phi) is 6.53. The SMILES string of the molecule is CCOc1ccccc1CNC(=NC)N1CCC(N2CCOCC2)C1. The van der Waals surface area contributed by atoms with Crippen molar-refractivity contribution in [3.63, 3.8) is 0 Å². The van der Waals surface area contributed by atoms with Gasteiger partial charge in [0.05, 0.1) is 19.8 Å². The van der Waals surface area contributed by atoms with Crippen LogP contribution in [0.5, 0.6) is 5.75 Å². The lowest BCUT2D eigenvalue weighted by molar-refractivity contribution is 0.0195. The normalized spacial score (nSPS) is 22.2. The highest BCUT2D eigenvalue weighted by molar-refractivity contribution is 5.80. The molecule has 25 heavy (non-hydrogen) atoms. The maximum Gasteiger partial charge on any atom is 0.193 e. The van der Waals surface area contributed by atoms with Gasteiger partial charge in [0, 0.05) is 51.4 Å². The van der Waals surface area contributed by atoms with Crippen LogP contribution in [0.25, 0.3) is 0 Å². The van der Waals surface area contributed by atoms with Crippen LogP contribution in [0.4, 0.5) is 0 Å². The summed E-state index contributed by atoms with van der Waals surface area (Å²) in [4.78, 5) is 9.41. The molecule has 3 rings (SSSR count). The van der Waals surface area contributed by atoms with Crippen LogP contribution in [0.3, 0.4) is 0 Å². The molecule has 0 aromatic heterocycles. The van der Waals surface area contributed by atoms with E-state index in [4.69, 9.17) is 9.47 Å². The summed E-state index contributed by atoms with van der Waals surface area (Å²) < 4.78 is 11.2. The van der Waals surface area contributed by atoms with Gasteiger partial charge in [-0.25, -0.2) is 0 Å². The third-order valence-corrected chi connectivity index (χ3v) is 4.95. The number of benzene rings is 1. The van der Waals surface area contributed by atoms with Crippen molar-refractivity contribution in [3.8, 4) is 5.75 Å². The van der Waals surface area contributed by atoms with Crippen molar-refractivity contribution in [1.82, 2.24) is 15.1 Å². The van der Waals surface area contributed by atoms with Crippen molar-refractivity contribution in [2.45, 2.75) is 25.9 Å². The van der Waals surface area contributed by atoms with Crippen molar-refractivity contribution in [1.29, 1.82) is 0 Å².